The summed E-state index contributed by atoms with van der Waals surface area (Å²) >= 11 is 6.26. The second kappa shape index (κ2) is 5.63. The average molecular weight is 311 g/mol. The van der Waals surface area contributed by atoms with Crippen LogP contribution in [0, 0.1) is 0 Å². The minimum Gasteiger partial charge on any atom is -0.293 e. The number of halogens is 1. The highest BCUT2D eigenvalue weighted by molar-refractivity contribution is 6.31. The van der Waals surface area contributed by atoms with Gasteiger partial charge in [-0.1, -0.05) is 17.7 Å². The van der Waals surface area contributed by atoms with Gasteiger partial charge < -0.3 is 0 Å². The predicted molar refractivity (Wildman–Crippen MR) is 86.6 cm³/mol. The summed E-state index contributed by atoms with van der Waals surface area (Å²) in [6.07, 6.45) is 6.37. The van der Waals surface area contributed by atoms with Crippen molar-refractivity contribution in [2.45, 2.75) is 19.5 Å². The Morgan fingerprint density at radius 2 is 2.18 bits per heavy atom. The minimum absolute atomic E-state index is 0.759. The van der Waals surface area contributed by atoms with Gasteiger partial charge in [0.15, 0.2) is 0 Å². The molecule has 1 aliphatic rings. The molecule has 0 saturated carbocycles. The molecule has 0 amide bonds. The van der Waals surface area contributed by atoms with Crippen LogP contribution in [-0.2, 0) is 19.5 Å². The molecular weight excluding hydrogens is 296 g/mol. The topological polar surface area (TPSA) is 41.9 Å². The molecule has 0 atom stereocenters. The zero-order chi connectivity index (χ0) is 14.9. The molecule has 1 aromatic carbocycles. The van der Waals surface area contributed by atoms with Crippen LogP contribution in [0.4, 0.5) is 0 Å². The van der Waals surface area contributed by atoms with E-state index in [1.165, 1.54) is 11.1 Å². The number of benzene rings is 1. The maximum Gasteiger partial charge on any atom is 0.115 e. The van der Waals surface area contributed by atoms with Gasteiger partial charge >= 0.3 is 0 Å². The monoisotopic (exact) mass is 310 g/mol. The fourth-order valence-corrected chi connectivity index (χ4v) is 3.28. The van der Waals surface area contributed by atoms with E-state index in [1.807, 2.05) is 30.6 Å². The van der Waals surface area contributed by atoms with Crippen LogP contribution in [-0.4, -0.2) is 26.4 Å². The van der Waals surface area contributed by atoms with Crippen molar-refractivity contribution in [1.82, 2.24) is 19.9 Å². The minimum atomic E-state index is 0.759. The maximum atomic E-state index is 6.26. The Bertz CT molecular complexity index is 834. The van der Waals surface area contributed by atoms with Crippen LogP contribution in [0.25, 0.3) is 10.9 Å². The lowest BCUT2D eigenvalue weighted by Crippen LogP contribution is -2.31. The molecule has 0 N–H and O–H groups in total. The molecule has 4 rings (SSSR count). The van der Waals surface area contributed by atoms with E-state index in [-0.39, 0.29) is 0 Å². The zero-order valence-corrected chi connectivity index (χ0v) is 12.8. The molecule has 0 aliphatic carbocycles. The molecule has 3 aromatic rings. The highest BCUT2D eigenvalue weighted by atomic mass is 35.5. The van der Waals surface area contributed by atoms with Crippen molar-refractivity contribution in [3.05, 3.63) is 64.8 Å². The first kappa shape index (κ1) is 13.6. The van der Waals surface area contributed by atoms with Gasteiger partial charge in [0.05, 0.1) is 11.2 Å². The second-order valence-corrected chi connectivity index (χ2v) is 6.03. The molecule has 0 unspecified atom stereocenters. The van der Waals surface area contributed by atoms with Crippen LogP contribution in [0.2, 0.25) is 5.02 Å². The van der Waals surface area contributed by atoms with Crippen LogP contribution in [0.5, 0.6) is 0 Å². The Morgan fingerprint density at radius 3 is 3.14 bits per heavy atom. The summed E-state index contributed by atoms with van der Waals surface area (Å²) in [7, 11) is 0. The number of pyridine rings is 1. The number of nitrogens with zero attached hydrogens (tertiary/aromatic N) is 4. The van der Waals surface area contributed by atoms with Crippen molar-refractivity contribution < 1.29 is 0 Å². The third-order valence-electron chi connectivity index (χ3n) is 4.09. The van der Waals surface area contributed by atoms with Gasteiger partial charge in [-0.25, -0.2) is 9.97 Å². The van der Waals surface area contributed by atoms with Crippen molar-refractivity contribution in [1.29, 1.82) is 0 Å². The van der Waals surface area contributed by atoms with Crippen LogP contribution in [0.3, 0.4) is 0 Å². The molecule has 5 heteroatoms. The van der Waals surface area contributed by atoms with E-state index in [1.54, 1.807) is 6.33 Å². The van der Waals surface area contributed by atoms with Gasteiger partial charge in [0, 0.05) is 42.4 Å². The first-order chi connectivity index (χ1) is 10.8. The number of fused-ring (bicyclic) bond motifs is 2. The number of hydrogen-bond donors (Lipinski definition) is 0. The molecule has 0 bridgehead atoms. The quantitative estimate of drug-likeness (QED) is 0.729. The summed E-state index contributed by atoms with van der Waals surface area (Å²) < 4.78 is 0. The predicted octanol–water partition coefficient (Wildman–Crippen LogP) is 3.24. The fraction of sp³-hybridized carbons (Fsp3) is 0.235. The second-order valence-electron chi connectivity index (χ2n) is 5.60. The lowest BCUT2D eigenvalue weighted by Gasteiger charge is -2.27. The molecule has 0 fully saturated rings. The first-order valence-corrected chi connectivity index (χ1v) is 7.71. The summed E-state index contributed by atoms with van der Waals surface area (Å²) in [6.45, 7) is 2.68. The standard InChI is InChI=1S/C17H15ClN4/c18-15-6-12-2-1-4-20-17(12)14(7-15)9-22-5-3-13-8-19-11-21-16(13)10-22/h1-2,4,6-8,11H,3,5,9-10H2. The van der Waals surface area contributed by atoms with Gasteiger partial charge in [-0.15, -0.1) is 0 Å². The van der Waals surface area contributed by atoms with E-state index in [4.69, 9.17) is 11.6 Å². The van der Waals surface area contributed by atoms with Gasteiger partial charge in [-0.3, -0.25) is 9.88 Å². The summed E-state index contributed by atoms with van der Waals surface area (Å²) in [4.78, 5) is 15.4. The molecule has 0 spiro atoms. The van der Waals surface area contributed by atoms with Crippen molar-refractivity contribution in [3.8, 4) is 0 Å². The lowest BCUT2D eigenvalue weighted by molar-refractivity contribution is 0.242. The molecular formula is C17H15ClN4. The van der Waals surface area contributed by atoms with Crippen molar-refractivity contribution in [2.75, 3.05) is 6.54 Å². The molecule has 2 aromatic heterocycles. The SMILES string of the molecule is Clc1cc(CN2CCc3cncnc3C2)c2ncccc2c1. The summed E-state index contributed by atoms with van der Waals surface area (Å²) in [5.41, 5.74) is 4.58. The number of aromatic nitrogens is 3. The van der Waals surface area contributed by atoms with E-state index >= 15 is 0 Å². The molecule has 0 saturated heterocycles. The highest BCUT2D eigenvalue weighted by Crippen LogP contribution is 2.25. The van der Waals surface area contributed by atoms with Crippen LogP contribution in [0.15, 0.2) is 43.0 Å². The Hall–Kier alpha value is -2.04. The van der Waals surface area contributed by atoms with Crippen LogP contribution < -0.4 is 0 Å². The Labute approximate surface area is 133 Å². The smallest absolute Gasteiger partial charge is 0.115 e. The molecule has 3 heterocycles. The van der Waals surface area contributed by atoms with Crippen molar-refractivity contribution in [3.63, 3.8) is 0 Å². The van der Waals surface area contributed by atoms with Crippen molar-refractivity contribution in [2.24, 2.45) is 0 Å². The lowest BCUT2D eigenvalue weighted by atomic mass is 10.0. The van der Waals surface area contributed by atoms with E-state index in [2.05, 4.69) is 25.9 Å². The largest absolute Gasteiger partial charge is 0.293 e. The van der Waals surface area contributed by atoms with E-state index in [0.29, 0.717) is 0 Å². The summed E-state index contributed by atoms with van der Waals surface area (Å²) in [5, 5.41) is 1.85. The van der Waals surface area contributed by atoms with Crippen molar-refractivity contribution >= 4 is 22.5 Å². The first-order valence-electron chi connectivity index (χ1n) is 7.33. The Kier molecular flexibility index (Phi) is 3.48. The molecule has 1 aliphatic heterocycles. The Balaban J connectivity index is 1.65. The maximum absolute atomic E-state index is 6.26. The third kappa shape index (κ3) is 2.56. The van der Waals surface area contributed by atoms with E-state index < -0.39 is 0 Å². The molecule has 110 valence electrons. The number of hydrogen-bond acceptors (Lipinski definition) is 4. The zero-order valence-electron chi connectivity index (χ0n) is 12.0. The fourth-order valence-electron chi connectivity index (χ4n) is 3.03. The van der Waals surface area contributed by atoms with Gasteiger partial charge in [0.1, 0.15) is 6.33 Å². The molecule has 0 radical (unpaired) electrons. The third-order valence-corrected chi connectivity index (χ3v) is 4.31. The Morgan fingerprint density at radius 1 is 1.23 bits per heavy atom. The molecule has 22 heavy (non-hydrogen) atoms. The summed E-state index contributed by atoms with van der Waals surface area (Å²) in [5.74, 6) is 0. The molecule has 4 nitrogen and oxygen atoms in total. The highest BCUT2D eigenvalue weighted by Gasteiger charge is 2.18. The van der Waals surface area contributed by atoms with Gasteiger partial charge in [0.2, 0.25) is 0 Å². The van der Waals surface area contributed by atoms with Crippen LogP contribution >= 0.6 is 11.6 Å². The average Bonchev–Trinajstić information content (AvgIpc) is 2.54. The van der Waals surface area contributed by atoms with Gasteiger partial charge in [-0.2, -0.15) is 0 Å². The normalized spacial score (nSPS) is 15.0. The van der Waals surface area contributed by atoms with Gasteiger partial charge in [0.25, 0.3) is 0 Å². The number of rotatable bonds is 2. The summed E-state index contributed by atoms with van der Waals surface area (Å²) in [6, 6.07) is 7.98. The van der Waals surface area contributed by atoms with E-state index in [9.17, 15) is 0 Å². The van der Waals surface area contributed by atoms with E-state index in [0.717, 1.165) is 47.7 Å². The van der Waals surface area contributed by atoms with Gasteiger partial charge in [-0.05, 0) is 35.7 Å². The van der Waals surface area contributed by atoms with Crippen LogP contribution in [0.1, 0.15) is 16.8 Å².